The van der Waals surface area contributed by atoms with E-state index in [0.29, 0.717) is 0 Å². The highest BCUT2D eigenvalue weighted by molar-refractivity contribution is 8.02. The summed E-state index contributed by atoms with van der Waals surface area (Å²) < 4.78 is 0. The summed E-state index contributed by atoms with van der Waals surface area (Å²) in [6.45, 7) is 2.20. The summed E-state index contributed by atoms with van der Waals surface area (Å²) in [5.74, 6) is 4.84. The van der Waals surface area contributed by atoms with Crippen molar-refractivity contribution in [3.63, 3.8) is 0 Å². The highest BCUT2D eigenvalue weighted by Crippen LogP contribution is 2.15. The van der Waals surface area contributed by atoms with Crippen LogP contribution in [-0.2, 0) is 5.75 Å². The average molecular weight is 219 g/mol. The SMILES string of the molecule is CCSCCSCc1nccs1. The lowest BCUT2D eigenvalue weighted by Crippen LogP contribution is -1.85. The summed E-state index contributed by atoms with van der Waals surface area (Å²) in [5, 5.41) is 3.29. The largest absolute Gasteiger partial charge is 0.249 e. The molecule has 0 aliphatic carbocycles. The Kier molecular flexibility index (Phi) is 5.90. The van der Waals surface area contributed by atoms with Gasteiger partial charge in [0.05, 0.1) is 0 Å². The Morgan fingerprint density at radius 2 is 2.25 bits per heavy atom. The van der Waals surface area contributed by atoms with E-state index in [-0.39, 0.29) is 0 Å². The predicted octanol–water partition coefficient (Wildman–Crippen LogP) is 3.13. The zero-order valence-electron chi connectivity index (χ0n) is 7.16. The molecule has 0 aromatic carbocycles. The zero-order valence-corrected chi connectivity index (χ0v) is 9.60. The molecule has 0 amide bonds. The van der Waals surface area contributed by atoms with Crippen LogP contribution in [0.3, 0.4) is 0 Å². The van der Waals surface area contributed by atoms with Gasteiger partial charge in [0, 0.05) is 28.8 Å². The number of nitrogens with zero attached hydrogens (tertiary/aromatic N) is 1. The fourth-order valence-corrected chi connectivity index (χ4v) is 3.29. The predicted molar refractivity (Wildman–Crippen MR) is 61.3 cm³/mol. The van der Waals surface area contributed by atoms with E-state index >= 15 is 0 Å². The summed E-state index contributed by atoms with van der Waals surface area (Å²) in [4.78, 5) is 4.22. The third-order valence-corrected chi connectivity index (χ3v) is 4.38. The van der Waals surface area contributed by atoms with Crippen LogP contribution in [0.4, 0.5) is 0 Å². The minimum atomic E-state index is 1.09. The molecule has 68 valence electrons. The highest BCUT2D eigenvalue weighted by Gasteiger charge is 1.94. The first-order chi connectivity index (χ1) is 5.93. The van der Waals surface area contributed by atoms with E-state index in [1.165, 1.54) is 22.3 Å². The fraction of sp³-hybridized carbons (Fsp3) is 0.625. The molecule has 0 atom stereocenters. The van der Waals surface area contributed by atoms with Crippen molar-refractivity contribution in [1.29, 1.82) is 0 Å². The molecular formula is C8H13NS3. The first kappa shape index (κ1) is 10.4. The van der Waals surface area contributed by atoms with Crippen molar-refractivity contribution in [1.82, 2.24) is 4.98 Å². The molecule has 1 rings (SSSR count). The van der Waals surface area contributed by atoms with Crippen LogP contribution in [0.2, 0.25) is 0 Å². The number of thiazole rings is 1. The van der Waals surface area contributed by atoms with E-state index < -0.39 is 0 Å². The monoisotopic (exact) mass is 219 g/mol. The van der Waals surface area contributed by atoms with Crippen molar-refractivity contribution < 1.29 is 0 Å². The maximum absolute atomic E-state index is 4.22. The van der Waals surface area contributed by atoms with Crippen LogP contribution in [0, 0.1) is 0 Å². The first-order valence-electron chi connectivity index (χ1n) is 3.97. The second kappa shape index (κ2) is 6.80. The average Bonchev–Trinajstić information content (AvgIpc) is 2.57. The molecule has 0 aliphatic rings. The second-order valence-electron chi connectivity index (χ2n) is 2.18. The van der Waals surface area contributed by atoms with Crippen LogP contribution >= 0.6 is 34.9 Å². The quantitative estimate of drug-likeness (QED) is 0.682. The van der Waals surface area contributed by atoms with Gasteiger partial charge in [-0.15, -0.1) is 11.3 Å². The molecule has 12 heavy (non-hydrogen) atoms. The minimum Gasteiger partial charge on any atom is -0.249 e. The third kappa shape index (κ3) is 4.38. The third-order valence-electron chi connectivity index (χ3n) is 1.29. The fourth-order valence-electron chi connectivity index (χ4n) is 0.746. The molecule has 0 unspecified atom stereocenters. The van der Waals surface area contributed by atoms with Crippen LogP contribution in [0.25, 0.3) is 0 Å². The highest BCUT2D eigenvalue weighted by atomic mass is 32.2. The molecule has 0 N–H and O–H groups in total. The van der Waals surface area contributed by atoms with Gasteiger partial charge < -0.3 is 0 Å². The molecule has 1 heterocycles. The van der Waals surface area contributed by atoms with Crippen LogP contribution in [-0.4, -0.2) is 22.2 Å². The molecular weight excluding hydrogens is 206 g/mol. The van der Waals surface area contributed by atoms with Crippen molar-refractivity contribution in [2.75, 3.05) is 17.3 Å². The lowest BCUT2D eigenvalue weighted by molar-refractivity contribution is 1.27. The maximum Gasteiger partial charge on any atom is 0.102 e. The van der Waals surface area contributed by atoms with E-state index in [0.717, 1.165) is 5.75 Å². The normalized spacial score (nSPS) is 10.4. The Morgan fingerprint density at radius 1 is 1.42 bits per heavy atom. The van der Waals surface area contributed by atoms with Crippen molar-refractivity contribution in [2.24, 2.45) is 0 Å². The number of hydrogen-bond acceptors (Lipinski definition) is 4. The lowest BCUT2D eigenvalue weighted by atomic mass is 10.8. The van der Waals surface area contributed by atoms with Crippen molar-refractivity contribution in [2.45, 2.75) is 12.7 Å². The van der Waals surface area contributed by atoms with Gasteiger partial charge in [0.15, 0.2) is 0 Å². The number of hydrogen-bond donors (Lipinski definition) is 0. The van der Waals surface area contributed by atoms with Crippen LogP contribution in [0.1, 0.15) is 11.9 Å². The zero-order chi connectivity index (χ0) is 8.65. The molecule has 1 nitrogen and oxygen atoms in total. The van der Waals surface area contributed by atoms with Crippen molar-refractivity contribution >= 4 is 34.9 Å². The van der Waals surface area contributed by atoms with Gasteiger partial charge >= 0.3 is 0 Å². The van der Waals surface area contributed by atoms with Gasteiger partial charge in [-0.25, -0.2) is 4.98 Å². The van der Waals surface area contributed by atoms with Crippen LogP contribution in [0.5, 0.6) is 0 Å². The Labute approximate surface area is 86.4 Å². The van der Waals surface area contributed by atoms with Gasteiger partial charge in [0.1, 0.15) is 5.01 Å². The smallest absolute Gasteiger partial charge is 0.102 e. The maximum atomic E-state index is 4.22. The van der Waals surface area contributed by atoms with Gasteiger partial charge in [0.2, 0.25) is 0 Å². The first-order valence-corrected chi connectivity index (χ1v) is 7.16. The Balaban J connectivity index is 1.96. The van der Waals surface area contributed by atoms with Crippen molar-refractivity contribution in [3.05, 3.63) is 16.6 Å². The van der Waals surface area contributed by atoms with E-state index in [1.54, 1.807) is 11.3 Å². The molecule has 1 aromatic heterocycles. The molecule has 0 bridgehead atoms. The molecule has 4 heteroatoms. The van der Waals surface area contributed by atoms with Gasteiger partial charge in [0.25, 0.3) is 0 Å². The van der Waals surface area contributed by atoms with Gasteiger partial charge in [-0.3, -0.25) is 0 Å². The standard InChI is InChI=1S/C8H13NS3/c1-2-10-5-6-11-7-8-9-3-4-12-8/h3-4H,2,5-7H2,1H3. The molecule has 0 saturated carbocycles. The molecule has 0 spiro atoms. The minimum absolute atomic E-state index is 1.09. The summed E-state index contributed by atoms with van der Waals surface area (Å²) in [6.07, 6.45) is 1.88. The summed E-state index contributed by atoms with van der Waals surface area (Å²) in [5.41, 5.74) is 0. The van der Waals surface area contributed by atoms with E-state index in [9.17, 15) is 0 Å². The van der Waals surface area contributed by atoms with E-state index in [4.69, 9.17) is 0 Å². The Hall–Kier alpha value is 0.330. The molecule has 0 radical (unpaired) electrons. The summed E-state index contributed by atoms with van der Waals surface area (Å²) in [6, 6.07) is 0. The summed E-state index contributed by atoms with van der Waals surface area (Å²) >= 11 is 5.73. The second-order valence-corrected chi connectivity index (χ2v) is 5.65. The topological polar surface area (TPSA) is 12.9 Å². The number of rotatable bonds is 6. The lowest BCUT2D eigenvalue weighted by Gasteiger charge is -1.97. The van der Waals surface area contributed by atoms with Crippen LogP contribution < -0.4 is 0 Å². The number of aromatic nitrogens is 1. The van der Waals surface area contributed by atoms with E-state index in [1.807, 2.05) is 35.1 Å². The van der Waals surface area contributed by atoms with E-state index in [2.05, 4.69) is 11.9 Å². The van der Waals surface area contributed by atoms with Gasteiger partial charge in [-0.05, 0) is 5.75 Å². The Morgan fingerprint density at radius 3 is 2.92 bits per heavy atom. The van der Waals surface area contributed by atoms with Gasteiger partial charge in [-0.2, -0.15) is 23.5 Å². The molecule has 0 saturated heterocycles. The molecule has 0 aliphatic heterocycles. The molecule has 1 aromatic rings. The van der Waals surface area contributed by atoms with Gasteiger partial charge in [-0.1, -0.05) is 6.92 Å². The van der Waals surface area contributed by atoms with Crippen LogP contribution in [0.15, 0.2) is 11.6 Å². The molecule has 0 fully saturated rings. The Bertz CT molecular complexity index is 186. The van der Waals surface area contributed by atoms with Crippen molar-refractivity contribution in [3.8, 4) is 0 Å². The number of thioether (sulfide) groups is 2. The summed E-state index contributed by atoms with van der Waals surface area (Å²) in [7, 11) is 0.